The van der Waals surface area contributed by atoms with E-state index in [0.717, 1.165) is 38.5 Å². The normalized spacial score (nSPS) is 17.5. The van der Waals surface area contributed by atoms with Crippen molar-refractivity contribution >= 4 is 31.5 Å². The van der Waals surface area contributed by atoms with Crippen molar-refractivity contribution in [1.82, 2.24) is 0 Å². The molecule has 0 aliphatic heterocycles. The van der Waals surface area contributed by atoms with Gasteiger partial charge in [0.15, 0.2) is 11.9 Å². The summed E-state index contributed by atoms with van der Waals surface area (Å²) < 4.78 is 32.8. The molecule has 0 heterocycles. The first-order chi connectivity index (χ1) is 30.9. The Bertz CT molecular complexity index is 1370. The maximum atomic E-state index is 12.7. The van der Waals surface area contributed by atoms with Gasteiger partial charge in [-0.15, -0.1) is 0 Å². The molecule has 14 heteroatoms. The van der Waals surface area contributed by atoms with Crippen molar-refractivity contribution in [2.24, 2.45) is 17.6 Å². The highest BCUT2D eigenvalue weighted by atomic mass is 31.2. The maximum absolute atomic E-state index is 12.7. The predicted octanol–water partition coefficient (Wildman–Crippen LogP) is 11.6. The molecule has 64 heavy (non-hydrogen) atoms. The van der Waals surface area contributed by atoms with Gasteiger partial charge in [0.25, 0.3) is 0 Å². The van der Waals surface area contributed by atoms with Crippen LogP contribution in [0.5, 0.6) is 0 Å². The minimum atomic E-state index is -4.77. The van der Waals surface area contributed by atoms with Crippen LogP contribution in [0.2, 0.25) is 0 Å². The van der Waals surface area contributed by atoms with Gasteiger partial charge >= 0.3 is 25.7 Å². The van der Waals surface area contributed by atoms with Crippen molar-refractivity contribution < 1.29 is 57.4 Å². The number of unbranched alkanes of at least 4 members (excludes halogenated alkanes) is 23. The average Bonchev–Trinajstić information content (AvgIpc) is 3.62. The number of rotatable bonds is 44. The van der Waals surface area contributed by atoms with E-state index in [2.05, 4.69) is 18.4 Å². The van der Waals surface area contributed by atoms with Crippen LogP contribution in [-0.2, 0) is 42.3 Å². The summed E-state index contributed by atoms with van der Waals surface area (Å²) >= 11 is 0. The Morgan fingerprint density at radius 3 is 1.75 bits per heavy atom. The van der Waals surface area contributed by atoms with Crippen LogP contribution < -0.4 is 5.73 Å². The van der Waals surface area contributed by atoms with Crippen molar-refractivity contribution in [1.29, 1.82) is 0 Å². The van der Waals surface area contributed by atoms with Crippen molar-refractivity contribution in [3.05, 3.63) is 36.5 Å². The fourth-order valence-corrected chi connectivity index (χ4v) is 8.37. The number of allylic oxidation sites excluding steroid dienone is 5. The van der Waals surface area contributed by atoms with Crippen molar-refractivity contribution in [2.45, 2.75) is 225 Å². The molecule has 1 aliphatic rings. The maximum Gasteiger partial charge on any atom is 0.472 e. The molecule has 0 fully saturated rings. The van der Waals surface area contributed by atoms with E-state index in [4.69, 9.17) is 24.8 Å². The molecule has 0 spiro atoms. The second kappa shape index (κ2) is 39.5. The molecule has 6 atom stereocenters. The monoisotopic (exact) mass is 926 g/mol. The molecule has 0 saturated heterocycles. The third-order valence-corrected chi connectivity index (χ3v) is 12.6. The number of phosphoric acid groups is 1. The summed E-state index contributed by atoms with van der Waals surface area (Å²) in [6.45, 7) is 2.54. The fourth-order valence-electron chi connectivity index (χ4n) is 7.59. The number of ether oxygens (including phenoxy) is 2. The van der Waals surface area contributed by atoms with E-state index < -0.39 is 63.8 Å². The number of esters is 2. The van der Waals surface area contributed by atoms with Crippen LogP contribution in [-0.4, -0.2) is 76.9 Å². The van der Waals surface area contributed by atoms with E-state index in [1.54, 1.807) is 12.2 Å². The summed E-state index contributed by atoms with van der Waals surface area (Å²) in [5, 5.41) is 19.1. The quantitative estimate of drug-likeness (QED) is 0.0194. The molecular weight excluding hydrogens is 838 g/mol. The largest absolute Gasteiger partial charge is 0.480 e. The molecule has 370 valence electrons. The molecule has 0 aromatic heterocycles. The van der Waals surface area contributed by atoms with Gasteiger partial charge in [-0.1, -0.05) is 192 Å². The molecule has 1 aliphatic carbocycles. The Morgan fingerprint density at radius 2 is 1.20 bits per heavy atom. The predicted molar refractivity (Wildman–Crippen MR) is 253 cm³/mol. The Kier molecular flexibility index (Phi) is 36.6. The van der Waals surface area contributed by atoms with E-state index in [1.807, 2.05) is 24.3 Å². The minimum Gasteiger partial charge on any atom is -0.480 e. The number of hydrogen-bond donors (Lipinski definition) is 4. The van der Waals surface area contributed by atoms with Crippen LogP contribution in [0.15, 0.2) is 36.5 Å². The van der Waals surface area contributed by atoms with Crippen molar-refractivity contribution in [3.63, 3.8) is 0 Å². The SMILES string of the molecule is CCCCCCCCCCCCCCCCCCCCCCCC(=O)O[C@H](COC(=O)CCC/C=C\C[C@H]1C=CC(=O)[C@@H]1/C=C/[C@@H](O)CCCCC)COP(=O)(O)OC[C@H](N)C(=O)O. The lowest BCUT2D eigenvalue weighted by Crippen LogP contribution is -2.34. The summed E-state index contributed by atoms with van der Waals surface area (Å²) in [4.78, 5) is 58.7. The Balaban J connectivity index is 2.35. The molecule has 0 amide bonds. The van der Waals surface area contributed by atoms with E-state index in [9.17, 15) is 33.7 Å². The number of aliphatic hydroxyl groups excluding tert-OH is 1. The molecule has 13 nitrogen and oxygen atoms in total. The Hall–Kier alpha value is -2.67. The zero-order valence-corrected chi connectivity index (χ0v) is 40.6. The van der Waals surface area contributed by atoms with E-state index in [-0.39, 0.29) is 30.5 Å². The van der Waals surface area contributed by atoms with E-state index in [0.29, 0.717) is 32.1 Å². The number of carboxylic acids is 1. The van der Waals surface area contributed by atoms with Gasteiger partial charge in [-0.2, -0.15) is 0 Å². The third-order valence-electron chi connectivity index (χ3n) is 11.6. The van der Waals surface area contributed by atoms with Crippen LogP contribution in [0, 0.1) is 11.8 Å². The number of ketones is 1. The summed E-state index contributed by atoms with van der Waals surface area (Å²) in [6.07, 6.45) is 41.3. The topological polar surface area (TPSA) is 209 Å². The van der Waals surface area contributed by atoms with Crippen LogP contribution >= 0.6 is 7.82 Å². The molecule has 1 unspecified atom stereocenters. The molecule has 0 bridgehead atoms. The number of aliphatic hydroxyl groups is 1. The number of hydrogen-bond acceptors (Lipinski definition) is 11. The third kappa shape index (κ3) is 33.8. The summed E-state index contributed by atoms with van der Waals surface area (Å²) in [5.41, 5.74) is 5.35. The number of carboxylic acid groups (broad SMARTS) is 1. The second-order valence-corrected chi connectivity index (χ2v) is 19.1. The Labute approximate surface area is 386 Å². The molecule has 0 aromatic rings. The minimum absolute atomic E-state index is 0.00151. The molecule has 5 N–H and O–H groups in total. The van der Waals surface area contributed by atoms with Crippen LogP contribution in [0.1, 0.15) is 206 Å². The fraction of sp³-hybridized carbons (Fsp3) is 0.800. The zero-order chi connectivity index (χ0) is 47.1. The number of nitrogens with two attached hydrogens (primary N) is 1. The lowest BCUT2D eigenvalue weighted by molar-refractivity contribution is -0.161. The first-order valence-corrected chi connectivity index (χ1v) is 26.6. The van der Waals surface area contributed by atoms with Gasteiger partial charge in [0.1, 0.15) is 12.6 Å². The van der Waals surface area contributed by atoms with Gasteiger partial charge in [-0.05, 0) is 44.1 Å². The summed E-state index contributed by atoms with van der Waals surface area (Å²) in [7, 11) is -4.77. The van der Waals surface area contributed by atoms with E-state index in [1.165, 1.54) is 109 Å². The number of carbonyl (C=O) groups is 4. The smallest absolute Gasteiger partial charge is 0.472 e. The van der Waals surface area contributed by atoms with Crippen molar-refractivity contribution in [2.75, 3.05) is 19.8 Å². The van der Waals surface area contributed by atoms with Gasteiger partial charge < -0.3 is 30.3 Å². The molecule has 1 rings (SSSR count). The van der Waals surface area contributed by atoms with Gasteiger partial charge in [-0.25, -0.2) is 4.57 Å². The highest BCUT2D eigenvalue weighted by Gasteiger charge is 2.29. The molecule has 0 saturated carbocycles. The highest BCUT2D eigenvalue weighted by molar-refractivity contribution is 7.47. The molecule has 0 aromatic carbocycles. The lowest BCUT2D eigenvalue weighted by atomic mass is 9.90. The van der Waals surface area contributed by atoms with Crippen LogP contribution in [0.4, 0.5) is 0 Å². The number of aliphatic carboxylic acids is 1. The van der Waals surface area contributed by atoms with Crippen LogP contribution in [0.3, 0.4) is 0 Å². The standard InChI is InChI=1S/C50H88NO12P/c1-3-5-7-8-9-10-11-12-13-14-15-16-17-18-19-20-21-22-23-24-30-34-49(55)63-44(40-61-64(58,59)62-41-46(51)50(56)57)39-60-48(54)33-29-26-25-28-31-42-35-38-47(53)45(42)37-36-43(52)32-27-6-4-2/h25,28,35-38,42-46,52H,3-24,26-27,29-34,39-41,51H2,1-2H3,(H,56,57)(H,58,59)/b28-25-,37-36+/t42-,43-,44+,45+,46-/m0/s1. The summed E-state index contributed by atoms with van der Waals surface area (Å²) in [6, 6.07) is -1.55. The first kappa shape index (κ1) is 59.3. The number of carbonyl (C=O) groups excluding carboxylic acids is 3. The number of phosphoric ester groups is 1. The lowest BCUT2D eigenvalue weighted by Gasteiger charge is -2.20. The van der Waals surface area contributed by atoms with Gasteiger partial charge in [0.2, 0.25) is 0 Å². The van der Waals surface area contributed by atoms with Crippen LogP contribution in [0.25, 0.3) is 0 Å². The molecule has 0 radical (unpaired) electrons. The van der Waals surface area contributed by atoms with Gasteiger partial charge in [-0.3, -0.25) is 28.2 Å². The average molecular weight is 926 g/mol. The zero-order valence-electron chi connectivity index (χ0n) is 39.7. The van der Waals surface area contributed by atoms with Gasteiger partial charge in [0.05, 0.1) is 19.3 Å². The van der Waals surface area contributed by atoms with E-state index >= 15 is 0 Å². The Morgan fingerprint density at radius 1 is 0.703 bits per heavy atom. The molecular formula is C50H88NO12P. The highest BCUT2D eigenvalue weighted by Crippen LogP contribution is 2.43. The second-order valence-electron chi connectivity index (χ2n) is 17.6. The first-order valence-electron chi connectivity index (χ1n) is 25.1. The van der Waals surface area contributed by atoms with Crippen molar-refractivity contribution in [3.8, 4) is 0 Å². The summed E-state index contributed by atoms with van der Waals surface area (Å²) in [5.74, 6) is -2.82. The van der Waals surface area contributed by atoms with Gasteiger partial charge in [0, 0.05) is 18.8 Å².